The smallest absolute Gasteiger partial charge is 0.184 e. The van der Waals surface area contributed by atoms with Crippen molar-refractivity contribution in [3.05, 3.63) is 41.5 Å². The Morgan fingerprint density at radius 2 is 1.85 bits per heavy atom. The molecule has 2 rings (SSSR count). The highest BCUT2D eigenvalue weighted by Gasteiger charge is 2.08. The van der Waals surface area contributed by atoms with Crippen molar-refractivity contribution in [2.75, 3.05) is 0 Å². The molecule has 1 aromatic carbocycles. The molecule has 0 atom stereocenters. The van der Waals surface area contributed by atoms with Crippen molar-refractivity contribution < 1.29 is 8.42 Å². The summed E-state index contributed by atoms with van der Waals surface area (Å²) >= 11 is 0. The van der Waals surface area contributed by atoms with Crippen LogP contribution in [-0.4, -0.2) is 13.3 Å². The number of hydrogen-bond donors (Lipinski definition) is 0. The number of rotatable bonds is 0. The molecule has 2 nitrogen and oxygen atoms in total. The summed E-state index contributed by atoms with van der Waals surface area (Å²) in [7, 11) is -2.08. The molecule has 3 heteroatoms. The monoisotopic (exact) mass is 192 g/mol. The lowest BCUT2D eigenvalue weighted by atomic mass is 9.98. The molecule has 0 amide bonds. The zero-order chi connectivity index (χ0) is 9.26. The third-order valence-corrected chi connectivity index (χ3v) is 2.79. The largest absolute Gasteiger partial charge is 0.217 e. The first-order valence-electron chi connectivity index (χ1n) is 3.98. The minimum atomic E-state index is -2.08. The van der Waals surface area contributed by atoms with Crippen LogP contribution in [0.25, 0.3) is 6.08 Å². The van der Waals surface area contributed by atoms with Gasteiger partial charge in [0, 0.05) is 6.42 Å². The van der Waals surface area contributed by atoms with Crippen LogP contribution in [0.2, 0.25) is 0 Å². The zero-order valence-corrected chi connectivity index (χ0v) is 7.71. The molecule has 0 N–H and O–H groups in total. The van der Waals surface area contributed by atoms with Crippen LogP contribution in [0.1, 0.15) is 11.1 Å². The van der Waals surface area contributed by atoms with Crippen LogP contribution in [0.15, 0.2) is 30.3 Å². The fourth-order valence-corrected chi connectivity index (χ4v) is 1.85. The van der Waals surface area contributed by atoms with Crippen molar-refractivity contribution in [3.63, 3.8) is 0 Å². The van der Waals surface area contributed by atoms with E-state index >= 15 is 0 Å². The van der Waals surface area contributed by atoms with E-state index in [4.69, 9.17) is 0 Å². The van der Waals surface area contributed by atoms with Gasteiger partial charge in [0.05, 0.1) is 4.86 Å². The number of allylic oxidation sites excluding steroid dienone is 1. The highest BCUT2D eigenvalue weighted by Crippen LogP contribution is 2.16. The van der Waals surface area contributed by atoms with Gasteiger partial charge in [0.1, 0.15) is 0 Å². The standard InChI is InChI=1S/C10H8O2S/c11-13(12)10-6-5-8-3-1-2-4-9(8)7-10/h1-6H,7H2. The molecule has 0 unspecified atom stereocenters. The van der Waals surface area contributed by atoms with E-state index in [1.54, 1.807) is 6.08 Å². The van der Waals surface area contributed by atoms with Gasteiger partial charge in [-0.3, -0.25) is 0 Å². The Bertz CT molecular complexity index is 487. The van der Waals surface area contributed by atoms with Gasteiger partial charge in [0.25, 0.3) is 0 Å². The van der Waals surface area contributed by atoms with Crippen LogP contribution in [-0.2, 0) is 16.7 Å². The molecular weight excluding hydrogens is 184 g/mol. The molecule has 13 heavy (non-hydrogen) atoms. The predicted molar refractivity (Wildman–Crippen MR) is 53.1 cm³/mol. The van der Waals surface area contributed by atoms with E-state index in [0.29, 0.717) is 11.3 Å². The minimum absolute atomic E-state index is 0.457. The van der Waals surface area contributed by atoms with Crippen molar-refractivity contribution in [1.29, 1.82) is 0 Å². The summed E-state index contributed by atoms with van der Waals surface area (Å²) in [6, 6.07) is 7.80. The van der Waals surface area contributed by atoms with E-state index in [9.17, 15) is 8.42 Å². The molecule has 0 heterocycles. The molecule has 0 saturated carbocycles. The van der Waals surface area contributed by atoms with Gasteiger partial charge in [-0.05, 0) is 17.2 Å². The average Bonchev–Trinajstić information content (AvgIpc) is 2.17. The summed E-state index contributed by atoms with van der Waals surface area (Å²) in [6.07, 6.45) is 4.01. The van der Waals surface area contributed by atoms with Crippen molar-refractivity contribution in [3.8, 4) is 0 Å². The summed E-state index contributed by atoms with van der Waals surface area (Å²) in [5.41, 5.74) is 2.18. The Labute approximate surface area is 78.1 Å². The maximum Gasteiger partial charge on any atom is 0.217 e. The van der Waals surface area contributed by atoms with Crippen LogP contribution >= 0.6 is 0 Å². The second-order valence-corrected chi connectivity index (χ2v) is 3.90. The number of benzene rings is 1. The Balaban J connectivity index is 2.58. The Morgan fingerprint density at radius 1 is 1.08 bits per heavy atom. The van der Waals surface area contributed by atoms with Gasteiger partial charge in [0.2, 0.25) is 10.3 Å². The van der Waals surface area contributed by atoms with E-state index in [1.807, 2.05) is 30.3 Å². The zero-order valence-electron chi connectivity index (χ0n) is 6.90. The minimum Gasteiger partial charge on any atom is -0.184 e. The van der Waals surface area contributed by atoms with Gasteiger partial charge >= 0.3 is 0 Å². The Morgan fingerprint density at radius 3 is 2.62 bits per heavy atom. The topological polar surface area (TPSA) is 34.1 Å². The van der Waals surface area contributed by atoms with Crippen molar-refractivity contribution >= 4 is 21.2 Å². The Kier molecular flexibility index (Phi) is 2.02. The fourth-order valence-electron chi connectivity index (χ4n) is 1.40. The van der Waals surface area contributed by atoms with Gasteiger partial charge in [-0.1, -0.05) is 30.3 Å². The van der Waals surface area contributed by atoms with Crippen LogP contribution < -0.4 is 0 Å². The second-order valence-electron chi connectivity index (χ2n) is 2.91. The molecule has 0 saturated heterocycles. The fraction of sp³-hybridized carbons (Fsp3) is 0.100. The molecule has 66 valence electrons. The van der Waals surface area contributed by atoms with Crippen molar-refractivity contribution in [2.45, 2.75) is 6.42 Å². The normalized spacial score (nSPS) is 14.0. The van der Waals surface area contributed by atoms with Gasteiger partial charge < -0.3 is 0 Å². The average molecular weight is 192 g/mol. The van der Waals surface area contributed by atoms with E-state index in [2.05, 4.69) is 0 Å². The maximum atomic E-state index is 10.7. The molecule has 0 spiro atoms. The highest BCUT2D eigenvalue weighted by atomic mass is 32.2. The summed E-state index contributed by atoms with van der Waals surface area (Å²) in [6.45, 7) is 0. The molecule has 0 aliphatic heterocycles. The van der Waals surface area contributed by atoms with Crippen LogP contribution in [0.3, 0.4) is 0 Å². The molecular formula is C10H8O2S. The second kappa shape index (κ2) is 3.18. The first kappa shape index (κ1) is 8.26. The van der Waals surface area contributed by atoms with Gasteiger partial charge in [-0.25, -0.2) is 0 Å². The third kappa shape index (κ3) is 1.55. The van der Waals surface area contributed by atoms with E-state index in [-0.39, 0.29) is 0 Å². The molecule has 0 fully saturated rings. The predicted octanol–water partition coefficient (Wildman–Crippen LogP) is 1.31. The summed E-state index contributed by atoms with van der Waals surface area (Å²) in [5.74, 6) is 0. The van der Waals surface area contributed by atoms with Gasteiger partial charge in [-0.15, -0.1) is 0 Å². The van der Waals surface area contributed by atoms with E-state index in [0.717, 1.165) is 11.1 Å². The SMILES string of the molecule is O=S(=O)=C1C=Cc2ccccc2C1. The van der Waals surface area contributed by atoms with Crippen LogP contribution in [0, 0.1) is 0 Å². The lowest BCUT2D eigenvalue weighted by Gasteiger charge is -2.08. The summed E-state index contributed by atoms with van der Waals surface area (Å²) < 4.78 is 21.4. The molecule has 1 aliphatic carbocycles. The first-order chi connectivity index (χ1) is 6.27. The van der Waals surface area contributed by atoms with Crippen LogP contribution in [0.4, 0.5) is 0 Å². The van der Waals surface area contributed by atoms with E-state index in [1.165, 1.54) is 0 Å². The first-order valence-corrected chi connectivity index (χ1v) is 5.06. The third-order valence-electron chi connectivity index (χ3n) is 2.08. The van der Waals surface area contributed by atoms with E-state index < -0.39 is 10.3 Å². The number of fused-ring (bicyclic) bond motifs is 1. The molecule has 0 bridgehead atoms. The number of hydrogen-bond acceptors (Lipinski definition) is 2. The Hall–Kier alpha value is -1.35. The van der Waals surface area contributed by atoms with Crippen molar-refractivity contribution in [1.82, 2.24) is 0 Å². The quantitative estimate of drug-likeness (QED) is 0.581. The summed E-state index contributed by atoms with van der Waals surface area (Å²) in [4.78, 5) is 0.457. The molecule has 0 radical (unpaired) electrons. The lowest BCUT2D eigenvalue weighted by Crippen LogP contribution is -2.06. The summed E-state index contributed by atoms with van der Waals surface area (Å²) in [5, 5.41) is 0. The van der Waals surface area contributed by atoms with Gasteiger partial charge in [0.15, 0.2) is 0 Å². The maximum absolute atomic E-state index is 10.7. The lowest BCUT2D eigenvalue weighted by molar-refractivity contribution is 0.627. The molecule has 0 aromatic heterocycles. The highest BCUT2D eigenvalue weighted by molar-refractivity contribution is 7.73. The van der Waals surface area contributed by atoms with Crippen molar-refractivity contribution in [2.24, 2.45) is 0 Å². The van der Waals surface area contributed by atoms with Gasteiger partial charge in [-0.2, -0.15) is 8.42 Å². The molecule has 1 aliphatic rings. The van der Waals surface area contributed by atoms with Crippen LogP contribution in [0.5, 0.6) is 0 Å². The molecule has 1 aromatic rings.